The third-order valence-corrected chi connectivity index (χ3v) is 5.40. The van der Waals surface area contributed by atoms with Crippen molar-refractivity contribution in [1.29, 1.82) is 0 Å². The van der Waals surface area contributed by atoms with Gasteiger partial charge in [0.05, 0.1) is 6.10 Å². The summed E-state index contributed by atoms with van der Waals surface area (Å²) in [5, 5.41) is 11.4. The van der Waals surface area contributed by atoms with Crippen LogP contribution in [0.1, 0.15) is 33.3 Å². The Balaban J connectivity index is 1.98. The van der Waals surface area contributed by atoms with E-state index in [0.29, 0.717) is 6.61 Å². The smallest absolute Gasteiger partial charge is 0.120 e. The first-order valence-corrected chi connectivity index (χ1v) is 10.3. The van der Waals surface area contributed by atoms with E-state index < -0.39 is 6.10 Å². The number of aliphatic hydroxyl groups is 1. The summed E-state index contributed by atoms with van der Waals surface area (Å²) in [6.45, 7) is 9.45. The number of rotatable bonds is 6. The van der Waals surface area contributed by atoms with E-state index in [0.717, 1.165) is 17.3 Å². The van der Waals surface area contributed by atoms with Crippen LogP contribution < -0.4 is 4.74 Å². The number of fused-ring (bicyclic) bond motifs is 1. The van der Waals surface area contributed by atoms with Crippen molar-refractivity contribution in [2.45, 2.75) is 50.0 Å². The van der Waals surface area contributed by atoms with Crippen LogP contribution >= 0.6 is 23.4 Å². The Hall–Kier alpha value is -1.62. The largest absolute Gasteiger partial charge is 0.491 e. The summed E-state index contributed by atoms with van der Waals surface area (Å²) in [6.07, 6.45) is 1.73. The topological polar surface area (TPSA) is 34.4 Å². The van der Waals surface area contributed by atoms with E-state index in [9.17, 15) is 5.11 Å². The van der Waals surface area contributed by atoms with Crippen LogP contribution in [-0.4, -0.2) is 27.1 Å². The first-order valence-electron chi connectivity index (χ1n) is 9.08. The minimum absolute atomic E-state index is 0.107. The van der Waals surface area contributed by atoms with Crippen molar-refractivity contribution in [3.63, 3.8) is 0 Å². The maximum Gasteiger partial charge on any atom is 0.120 e. The average molecular weight is 404 g/mol. The van der Waals surface area contributed by atoms with Gasteiger partial charge in [0.2, 0.25) is 0 Å². The van der Waals surface area contributed by atoms with E-state index in [1.54, 1.807) is 6.92 Å². The third-order valence-electron chi connectivity index (χ3n) is 3.99. The first-order chi connectivity index (χ1) is 12.7. The van der Waals surface area contributed by atoms with E-state index in [1.807, 2.05) is 30.0 Å². The van der Waals surface area contributed by atoms with Gasteiger partial charge in [0.1, 0.15) is 12.4 Å². The molecule has 0 amide bonds. The third kappa shape index (κ3) is 5.44. The summed E-state index contributed by atoms with van der Waals surface area (Å²) in [5.74, 6) is 0.781. The number of ether oxygens (including phenoxy) is 1. The fraction of sp³-hybridized carbons (Fsp3) is 0.364. The molecule has 0 aliphatic rings. The van der Waals surface area contributed by atoms with Crippen molar-refractivity contribution in [1.82, 2.24) is 4.57 Å². The normalized spacial score (nSPS) is 13.1. The highest BCUT2D eigenvalue weighted by molar-refractivity contribution is 8.00. The second-order valence-corrected chi connectivity index (χ2v) is 10.1. The fourth-order valence-electron chi connectivity index (χ4n) is 2.88. The molecule has 0 bridgehead atoms. The van der Waals surface area contributed by atoms with Gasteiger partial charge in [0, 0.05) is 38.3 Å². The Kier molecular flexibility index (Phi) is 6.09. The van der Waals surface area contributed by atoms with Gasteiger partial charge >= 0.3 is 0 Å². The molecule has 144 valence electrons. The molecule has 0 saturated carbocycles. The Morgan fingerprint density at radius 3 is 2.48 bits per heavy atom. The summed E-state index contributed by atoms with van der Waals surface area (Å²) >= 11 is 7.86. The molecule has 0 saturated heterocycles. The molecule has 3 nitrogen and oxygen atoms in total. The summed E-state index contributed by atoms with van der Waals surface area (Å²) in [5.41, 5.74) is 2.37. The van der Waals surface area contributed by atoms with Gasteiger partial charge in [-0.15, -0.1) is 11.8 Å². The van der Waals surface area contributed by atoms with E-state index >= 15 is 0 Å². The van der Waals surface area contributed by atoms with Crippen molar-refractivity contribution < 1.29 is 9.84 Å². The van der Waals surface area contributed by atoms with Crippen molar-refractivity contribution >= 4 is 34.3 Å². The van der Waals surface area contributed by atoms with Crippen molar-refractivity contribution in [2.75, 3.05) is 6.61 Å². The highest BCUT2D eigenvalue weighted by Gasteiger charge is 2.18. The lowest BCUT2D eigenvalue weighted by atomic mass is 10.2. The van der Waals surface area contributed by atoms with Gasteiger partial charge in [-0.2, -0.15) is 0 Å². The monoisotopic (exact) mass is 403 g/mol. The standard InChI is InChI=1S/C22H26ClNO2S/c1-15(25)14-26-18-9-10-20-19(11-18)21(27-22(2,3)4)13-24(20)12-16-5-7-17(23)8-6-16/h5-11,13,15,25H,12,14H2,1-4H3. The molecule has 27 heavy (non-hydrogen) atoms. The van der Waals surface area contributed by atoms with Crippen LogP contribution in [0.5, 0.6) is 5.75 Å². The van der Waals surface area contributed by atoms with Crippen molar-refractivity contribution in [3.05, 3.63) is 59.2 Å². The molecule has 0 spiro atoms. The molecule has 1 unspecified atom stereocenters. The van der Waals surface area contributed by atoms with Crippen LogP contribution in [0.3, 0.4) is 0 Å². The summed E-state index contributed by atoms with van der Waals surface area (Å²) in [6, 6.07) is 14.1. The molecule has 3 rings (SSSR count). The number of benzene rings is 2. The van der Waals surface area contributed by atoms with Crippen LogP contribution in [0.4, 0.5) is 0 Å². The number of hydrogen-bond donors (Lipinski definition) is 1. The van der Waals surface area contributed by atoms with E-state index in [-0.39, 0.29) is 4.75 Å². The van der Waals surface area contributed by atoms with Gasteiger partial charge in [-0.05, 0) is 42.8 Å². The summed E-state index contributed by atoms with van der Waals surface area (Å²) in [4.78, 5) is 1.23. The Morgan fingerprint density at radius 1 is 1.15 bits per heavy atom. The van der Waals surface area contributed by atoms with Crippen LogP contribution in [0, 0.1) is 0 Å². The number of halogens is 1. The molecule has 3 aromatic rings. The SMILES string of the molecule is CC(O)COc1ccc2c(c1)c(SC(C)(C)C)cn2Cc1ccc(Cl)cc1. The number of aliphatic hydroxyl groups excluding tert-OH is 1. The lowest BCUT2D eigenvalue weighted by Gasteiger charge is -2.16. The Labute approximate surface area is 170 Å². The molecular formula is C22H26ClNO2S. The molecule has 2 aromatic carbocycles. The van der Waals surface area contributed by atoms with Crippen molar-refractivity contribution in [3.8, 4) is 5.75 Å². The van der Waals surface area contributed by atoms with E-state index in [1.165, 1.54) is 21.4 Å². The molecule has 0 fully saturated rings. The number of nitrogens with zero attached hydrogens (tertiary/aromatic N) is 1. The van der Waals surface area contributed by atoms with Crippen LogP contribution in [-0.2, 0) is 6.54 Å². The fourth-order valence-corrected chi connectivity index (χ4v) is 4.12. The lowest BCUT2D eigenvalue weighted by molar-refractivity contribution is 0.123. The summed E-state index contributed by atoms with van der Waals surface area (Å²) < 4.78 is 8.09. The second kappa shape index (κ2) is 8.17. The lowest BCUT2D eigenvalue weighted by Crippen LogP contribution is -2.12. The minimum atomic E-state index is -0.487. The zero-order chi connectivity index (χ0) is 19.6. The van der Waals surface area contributed by atoms with Gasteiger partial charge < -0.3 is 14.4 Å². The van der Waals surface area contributed by atoms with Crippen molar-refractivity contribution in [2.24, 2.45) is 0 Å². The van der Waals surface area contributed by atoms with Gasteiger partial charge in [-0.25, -0.2) is 0 Å². The van der Waals surface area contributed by atoms with E-state index in [4.69, 9.17) is 16.3 Å². The summed E-state index contributed by atoms with van der Waals surface area (Å²) in [7, 11) is 0. The maximum atomic E-state index is 9.48. The van der Waals surface area contributed by atoms with Gasteiger partial charge in [-0.1, -0.05) is 44.5 Å². The Morgan fingerprint density at radius 2 is 1.85 bits per heavy atom. The molecule has 0 radical (unpaired) electrons. The van der Waals surface area contributed by atoms with Crippen LogP contribution in [0.15, 0.2) is 53.6 Å². The van der Waals surface area contributed by atoms with Crippen LogP contribution in [0.25, 0.3) is 10.9 Å². The number of thioether (sulfide) groups is 1. The maximum absolute atomic E-state index is 9.48. The quantitative estimate of drug-likeness (QED) is 0.513. The number of hydrogen-bond acceptors (Lipinski definition) is 3. The van der Waals surface area contributed by atoms with E-state index in [2.05, 4.69) is 55.8 Å². The Bertz CT molecular complexity index is 910. The molecule has 1 heterocycles. The highest BCUT2D eigenvalue weighted by Crippen LogP contribution is 2.39. The molecule has 0 aliphatic carbocycles. The predicted molar refractivity (Wildman–Crippen MR) is 115 cm³/mol. The number of aromatic nitrogens is 1. The highest BCUT2D eigenvalue weighted by atomic mass is 35.5. The molecule has 1 aromatic heterocycles. The molecule has 1 atom stereocenters. The molecule has 5 heteroatoms. The minimum Gasteiger partial charge on any atom is -0.491 e. The van der Waals surface area contributed by atoms with Crippen LogP contribution in [0.2, 0.25) is 5.02 Å². The molecular weight excluding hydrogens is 378 g/mol. The van der Waals surface area contributed by atoms with Gasteiger partial charge in [0.25, 0.3) is 0 Å². The van der Waals surface area contributed by atoms with Gasteiger partial charge in [0.15, 0.2) is 0 Å². The van der Waals surface area contributed by atoms with Gasteiger partial charge in [-0.3, -0.25) is 0 Å². The first kappa shape index (κ1) is 20.1. The molecule has 1 N–H and O–H groups in total. The molecule has 0 aliphatic heterocycles. The average Bonchev–Trinajstić information content (AvgIpc) is 2.90. The predicted octanol–water partition coefficient (Wildman–Crippen LogP) is 5.99. The second-order valence-electron chi connectivity index (χ2n) is 7.80. The zero-order valence-electron chi connectivity index (χ0n) is 16.2. The zero-order valence-corrected chi connectivity index (χ0v) is 17.8.